The molecule has 0 fully saturated rings. The highest BCUT2D eigenvalue weighted by atomic mass is 15.3. The third kappa shape index (κ3) is 4.75. The fourth-order valence-corrected chi connectivity index (χ4v) is 5.57. The van der Waals surface area contributed by atoms with Crippen LogP contribution in [0.2, 0.25) is 0 Å². The highest BCUT2D eigenvalue weighted by Gasteiger charge is 2.17. The van der Waals surface area contributed by atoms with Crippen LogP contribution in [0.15, 0.2) is 146 Å². The smallest absolute Gasteiger partial charge is 0.159 e. The summed E-state index contributed by atoms with van der Waals surface area (Å²) >= 11 is 0. The van der Waals surface area contributed by atoms with E-state index >= 15 is 0 Å². The van der Waals surface area contributed by atoms with Crippen LogP contribution in [-0.4, -0.2) is 29.2 Å². The van der Waals surface area contributed by atoms with E-state index in [1.165, 1.54) is 0 Å². The molecule has 4 heterocycles. The van der Waals surface area contributed by atoms with Gasteiger partial charge in [-0.25, -0.2) is 19.0 Å². The van der Waals surface area contributed by atoms with Crippen molar-refractivity contribution in [3.8, 4) is 44.8 Å². The largest absolute Gasteiger partial charge is 0.213 e. The van der Waals surface area contributed by atoms with Crippen LogP contribution in [0.5, 0.6) is 0 Å². The van der Waals surface area contributed by atoms with Crippen LogP contribution < -0.4 is 0 Å². The number of aromatic nitrogens is 6. The third-order valence-electron chi connectivity index (χ3n) is 7.63. The Balaban J connectivity index is 1.24. The second kappa shape index (κ2) is 10.5. The molecule has 0 aliphatic heterocycles. The molecule has 0 bridgehead atoms. The monoisotopic (exact) mass is 554 g/mol. The Morgan fingerprint density at radius 3 is 1.09 bits per heavy atom. The van der Waals surface area contributed by atoms with Crippen molar-refractivity contribution in [1.82, 2.24) is 29.2 Å². The third-order valence-corrected chi connectivity index (χ3v) is 7.63. The molecule has 4 aromatic heterocycles. The van der Waals surface area contributed by atoms with Crippen molar-refractivity contribution in [3.05, 3.63) is 157 Å². The van der Waals surface area contributed by atoms with Crippen molar-refractivity contribution >= 4 is 11.3 Å². The van der Waals surface area contributed by atoms with Gasteiger partial charge in [-0.05, 0) is 46.5 Å². The lowest BCUT2D eigenvalue weighted by molar-refractivity contribution is 0.851. The molecule has 204 valence electrons. The molecule has 6 nitrogen and oxygen atoms in total. The first-order valence-corrected chi connectivity index (χ1v) is 14.3. The topological polar surface area (TPSA) is 60.4 Å². The second-order valence-electron chi connectivity index (χ2n) is 10.5. The van der Waals surface area contributed by atoms with Crippen LogP contribution in [0, 0.1) is 0 Å². The van der Waals surface area contributed by atoms with Crippen molar-refractivity contribution in [1.29, 1.82) is 0 Å². The van der Waals surface area contributed by atoms with E-state index < -0.39 is 0 Å². The molecular weight excluding hydrogens is 528 g/mol. The fourth-order valence-electron chi connectivity index (χ4n) is 5.57. The molecule has 8 rings (SSSR count). The average Bonchev–Trinajstić information content (AvgIpc) is 3.68. The molecule has 0 atom stereocenters. The van der Waals surface area contributed by atoms with Crippen molar-refractivity contribution in [2.24, 2.45) is 0 Å². The molecule has 0 aliphatic rings. The number of hydrogen-bond acceptors (Lipinski definition) is 4. The highest BCUT2D eigenvalue weighted by molar-refractivity contribution is 5.76. The lowest BCUT2D eigenvalue weighted by atomic mass is 10.0. The molecule has 0 N–H and O–H groups in total. The molecule has 0 spiro atoms. The Hall–Kier alpha value is -5.88. The first-order chi connectivity index (χ1) is 21.3. The summed E-state index contributed by atoms with van der Waals surface area (Å²) in [4.78, 5) is 9.92. The van der Waals surface area contributed by atoms with Gasteiger partial charge < -0.3 is 0 Å². The Morgan fingerprint density at radius 1 is 0.372 bits per heavy atom. The van der Waals surface area contributed by atoms with Gasteiger partial charge in [0.25, 0.3) is 0 Å². The van der Waals surface area contributed by atoms with Crippen LogP contribution in [0.3, 0.4) is 0 Å². The lowest BCUT2D eigenvalue weighted by Gasteiger charge is -2.08. The van der Waals surface area contributed by atoms with Gasteiger partial charge in [0.1, 0.15) is 0 Å². The predicted octanol–water partition coefficient (Wildman–Crippen LogP) is 8.03. The van der Waals surface area contributed by atoms with Crippen LogP contribution >= 0.6 is 0 Å². The number of benzene rings is 4. The van der Waals surface area contributed by atoms with Crippen LogP contribution in [0.4, 0.5) is 0 Å². The van der Waals surface area contributed by atoms with E-state index in [2.05, 4.69) is 97.1 Å². The van der Waals surface area contributed by atoms with Crippen molar-refractivity contribution in [3.63, 3.8) is 0 Å². The minimum atomic E-state index is 0.410. The van der Waals surface area contributed by atoms with Gasteiger partial charge in [-0.2, -0.15) is 10.2 Å². The van der Waals surface area contributed by atoms with Crippen molar-refractivity contribution in [2.45, 2.75) is 6.42 Å². The SMILES string of the molecule is c1ccc(-c2cc(-c3ccccc3)n3nc(Cc4nc5cc(-c6ccccc6)cc(-c6ccccc6)n5n4)nc3c2)cc1. The summed E-state index contributed by atoms with van der Waals surface area (Å²) < 4.78 is 3.85. The molecule has 43 heavy (non-hydrogen) atoms. The van der Waals surface area contributed by atoms with Crippen molar-refractivity contribution < 1.29 is 0 Å². The zero-order chi connectivity index (χ0) is 28.6. The average molecular weight is 555 g/mol. The van der Waals surface area contributed by atoms with Crippen LogP contribution in [0.25, 0.3) is 56.1 Å². The Kier molecular flexibility index (Phi) is 6.08. The summed E-state index contributed by atoms with van der Waals surface area (Å²) in [5.41, 5.74) is 10.2. The number of fused-ring (bicyclic) bond motifs is 2. The van der Waals surface area contributed by atoms with Gasteiger partial charge in [0.15, 0.2) is 22.9 Å². The molecule has 0 saturated heterocycles. The van der Waals surface area contributed by atoms with E-state index in [0.717, 1.165) is 56.1 Å². The van der Waals surface area contributed by atoms with Gasteiger partial charge in [0.2, 0.25) is 0 Å². The van der Waals surface area contributed by atoms with Crippen molar-refractivity contribution in [2.75, 3.05) is 0 Å². The molecule has 6 heteroatoms. The van der Waals surface area contributed by atoms with Gasteiger partial charge in [0, 0.05) is 11.1 Å². The van der Waals surface area contributed by atoms with E-state index in [4.69, 9.17) is 20.2 Å². The van der Waals surface area contributed by atoms with E-state index in [9.17, 15) is 0 Å². The van der Waals surface area contributed by atoms with E-state index in [1.807, 2.05) is 57.6 Å². The zero-order valence-electron chi connectivity index (χ0n) is 23.2. The standard InChI is InChI=1S/C37H26N6/c1-5-13-26(14-6-1)30-21-32(28-17-9-3-10-18-28)42-36(23-30)38-34(40-42)25-35-39-37-24-31(27-15-7-2-8-16-27)22-33(43(37)41-35)29-19-11-4-12-20-29/h1-24H,25H2. The number of pyridine rings is 2. The fraction of sp³-hybridized carbons (Fsp3) is 0.0270. The van der Waals surface area contributed by atoms with Crippen LogP contribution in [0.1, 0.15) is 11.6 Å². The van der Waals surface area contributed by atoms with Crippen LogP contribution in [-0.2, 0) is 6.42 Å². The zero-order valence-corrected chi connectivity index (χ0v) is 23.2. The minimum absolute atomic E-state index is 0.410. The molecule has 4 aromatic carbocycles. The summed E-state index contributed by atoms with van der Waals surface area (Å²) in [5.74, 6) is 1.34. The summed E-state index contributed by atoms with van der Waals surface area (Å²) in [6, 6.07) is 49.9. The highest BCUT2D eigenvalue weighted by Crippen LogP contribution is 2.30. The maximum atomic E-state index is 4.96. The Bertz CT molecular complexity index is 2030. The second-order valence-corrected chi connectivity index (χ2v) is 10.5. The number of nitrogens with zero attached hydrogens (tertiary/aromatic N) is 6. The summed E-state index contributed by atoms with van der Waals surface area (Å²) in [5, 5.41) is 9.90. The number of rotatable bonds is 6. The van der Waals surface area contributed by atoms with Gasteiger partial charge in [-0.15, -0.1) is 0 Å². The number of hydrogen-bond donors (Lipinski definition) is 0. The summed E-state index contributed by atoms with van der Waals surface area (Å²) in [6.45, 7) is 0. The van der Waals surface area contributed by atoms with Gasteiger partial charge in [-0.3, -0.25) is 0 Å². The summed E-state index contributed by atoms with van der Waals surface area (Å²) in [7, 11) is 0. The Labute approximate surface area is 248 Å². The first-order valence-electron chi connectivity index (χ1n) is 14.3. The molecule has 0 aliphatic carbocycles. The summed E-state index contributed by atoms with van der Waals surface area (Å²) in [6.07, 6.45) is 0.410. The molecule has 0 saturated carbocycles. The molecular formula is C37H26N6. The molecule has 8 aromatic rings. The quantitative estimate of drug-likeness (QED) is 0.209. The molecule has 0 radical (unpaired) electrons. The lowest BCUT2D eigenvalue weighted by Crippen LogP contribution is -1.98. The van der Waals surface area contributed by atoms with Gasteiger partial charge in [0.05, 0.1) is 17.8 Å². The Morgan fingerprint density at radius 2 is 0.721 bits per heavy atom. The first kappa shape index (κ1) is 24.9. The maximum absolute atomic E-state index is 4.96. The van der Waals surface area contributed by atoms with E-state index in [1.54, 1.807) is 0 Å². The predicted molar refractivity (Wildman–Crippen MR) is 171 cm³/mol. The van der Waals surface area contributed by atoms with E-state index in [-0.39, 0.29) is 0 Å². The maximum Gasteiger partial charge on any atom is 0.159 e. The van der Waals surface area contributed by atoms with Gasteiger partial charge in [-0.1, -0.05) is 121 Å². The molecule has 0 unspecified atom stereocenters. The van der Waals surface area contributed by atoms with Gasteiger partial charge >= 0.3 is 0 Å². The molecule has 0 amide bonds. The minimum Gasteiger partial charge on any atom is -0.213 e. The normalized spacial score (nSPS) is 11.3. The van der Waals surface area contributed by atoms with E-state index in [0.29, 0.717) is 18.1 Å².